The fraction of sp³-hybridized carbons (Fsp3) is 0.258. The van der Waals surface area contributed by atoms with Crippen molar-refractivity contribution in [2.24, 2.45) is 0 Å². The molecule has 210 valence electrons. The maximum Gasteiger partial charge on any atom is 0.407 e. The van der Waals surface area contributed by atoms with Gasteiger partial charge >= 0.3 is 18.0 Å². The van der Waals surface area contributed by atoms with Crippen molar-refractivity contribution in [2.75, 3.05) is 6.61 Å². The molecule has 1 heterocycles. The Bertz CT molecular complexity index is 1480. The number of carbonyl (C=O) groups is 5. The van der Waals surface area contributed by atoms with Gasteiger partial charge in [0.05, 0.1) is 17.5 Å². The van der Waals surface area contributed by atoms with Crippen molar-refractivity contribution in [3.05, 3.63) is 95.1 Å². The molecule has 10 nitrogen and oxygen atoms in total. The molecule has 3 aromatic carbocycles. The lowest BCUT2D eigenvalue weighted by atomic mass is 9.98. The highest BCUT2D eigenvalue weighted by atomic mass is 16.7. The lowest BCUT2D eigenvalue weighted by molar-refractivity contribution is -0.172. The summed E-state index contributed by atoms with van der Waals surface area (Å²) in [6.07, 6.45) is -1.66. The Morgan fingerprint density at radius 3 is 1.80 bits per heavy atom. The molecule has 3 amide bonds. The summed E-state index contributed by atoms with van der Waals surface area (Å²) in [6, 6.07) is 20.2. The first kappa shape index (κ1) is 27.6. The number of nitrogens with one attached hydrogen (secondary N) is 1. The molecule has 0 aromatic heterocycles. The number of benzene rings is 3. The summed E-state index contributed by atoms with van der Waals surface area (Å²) in [6.45, 7) is 4.88. The van der Waals surface area contributed by atoms with Crippen LogP contribution in [0.15, 0.2) is 72.8 Å². The molecule has 1 aliphatic heterocycles. The third-order valence-corrected chi connectivity index (χ3v) is 6.65. The number of hydroxylamine groups is 2. The van der Waals surface area contributed by atoms with Gasteiger partial charge < -0.3 is 19.6 Å². The minimum atomic E-state index is -1.51. The number of ether oxygens (including phenoxy) is 2. The second kappa shape index (κ2) is 10.9. The van der Waals surface area contributed by atoms with Gasteiger partial charge in [-0.2, -0.15) is 0 Å². The van der Waals surface area contributed by atoms with E-state index in [0.717, 1.165) is 22.3 Å². The second-order valence-corrected chi connectivity index (χ2v) is 10.7. The van der Waals surface area contributed by atoms with Gasteiger partial charge in [-0.3, -0.25) is 9.59 Å². The molecule has 0 spiro atoms. The molecule has 0 bridgehead atoms. The lowest BCUT2D eigenvalue weighted by Gasteiger charge is -2.24. The summed E-state index contributed by atoms with van der Waals surface area (Å²) in [5.74, 6) is -3.85. The molecule has 5 rings (SSSR count). The minimum absolute atomic E-state index is 0.0135. The number of fused-ring (bicyclic) bond motifs is 4. The quantitative estimate of drug-likeness (QED) is 0.335. The van der Waals surface area contributed by atoms with Gasteiger partial charge in [0.1, 0.15) is 18.2 Å². The summed E-state index contributed by atoms with van der Waals surface area (Å²) in [4.78, 5) is 68.7. The summed E-state index contributed by atoms with van der Waals surface area (Å²) in [7, 11) is 0. The zero-order valence-electron chi connectivity index (χ0n) is 22.7. The Balaban J connectivity index is 1.26. The zero-order chi connectivity index (χ0) is 29.3. The Morgan fingerprint density at radius 1 is 0.805 bits per heavy atom. The van der Waals surface area contributed by atoms with E-state index in [1.165, 1.54) is 12.1 Å². The fourth-order valence-corrected chi connectivity index (χ4v) is 4.90. The van der Waals surface area contributed by atoms with Crippen molar-refractivity contribution < 1.29 is 38.3 Å². The van der Waals surface area contributed by atoms with Crippen molar-refractivity contribution >= 4 is 29.8 Å². The zero-order valence-corrected chi connectivity index (χ0v) is 22.7. The van der Waals surface area contributed by atoms with E-state index in [9.17, 15) is 24.0 Å². The number of alkyl carbamates (subject to hydrolysis) is 1. The molecular weight excluding hydrogens is 528 g/mol. The first-order valence-corrected chi connectivity index (χ1v) is 13.1. The number of rotatable bonds is 7. The van der Waals surface area contributed by atoms with Gasteiger partial charge in [0.25, 0.3) is 11.8 Å². The van der Waals surface area contributed by atoms with E-state index >= 15 is 0 Å². The highest BCUT2D eigenvalue weighted by Gasteiger charge is 2.40. The van der Waals surface area contributed by atoms with E-state index in [2.05, 4.69) is 5.32 Å². The van der Waals surface area contributed by atoms with Crippen molar-refractivity contribution in [1.82, 2.24) is 10.4 Å². The highest BCUT2D eigenvalue weighted by Crippen LogP contribution is 2.44. The number of esters is 1. The van der Waals surface area contributed by atoms with Gasteiger partial charge in [-0.25, -0.2) is 14.4 Å². The van der Waals surface area contributed by atoms with E-state index < -0.39 is 47.9 Å². The molecule has 0 radical (unpaired) electrons. The van der Waals surface area contributed by atoms with Gasteiger partial charge in [-0.1, -0.05) is 65.7 Å². The van der Waals surface area contributed by atoms with Gasteiger partial charge in [0, 0.05) is 5.92 Å². The Hall–Kier alpha value is -4.99. The normalized spacial score (nSPS) is 14.6. The van der Waals surface area contributed by atoms with Crippen LogP contribution in [0.3, 0.4) is 0 Å². The standard InChI is InChI=1S/C31H28N2O8/c1-31(2,3)40-29(37)25(16-26(34)41-33-27(35)22-14-8-9-15-23(22)28(33)36)32-30(38)39-17-24-20-12-6-4-10-18(20)19-11-5-7-13-21(19)24/h4-15,24-25H,16-17H2,1-3H3,(H,32,38). The lowest BCUT2D eigenvalue weighted by Crippen LogP contribution is -2.46. The molecule has 0 saturated carbocycles. The predicted octanol–water partition coefficient (Wildman–Crippen LogP) is 4.38. The van der Waals surface area contributed by atoms with Crippen molar-refractivity contribution in [3.63, 3.8) is 0 Å². The van der Waals surface area contributed by atoms with E-state index in [1.807, 2.05) is 48.5 Å². The maximum absolute atomic E-state index is 12.9. The van der Waals surface area contributed by atoms with Crippen molar-refractivity contribution in [1.29, 1.82) is 0 Å². The number of hydrogen-bond donors (Lipinski definition) is 1. The van der Waals surface area contributed by atoms with Crippen LogP contribution in [0.4, 0.5) is 4.79 Å². The van der Waals surface area contributed by atoms with E-state index in [0.29, 0.717) is 5.06 Å². The van der Waals surface area contributed by atoms with Crippen LogP contribution in [0.2, 0.25) is 0 Å². The fourth-order valence-electron chi connectivity index (χ4n) is 4.90. The first-order valence-electron chi connectivity index (χ1n) is 13.1. The molecular formula is C31H28N2O8. The Kier molecular flexibility index (Phi) is 7.32. The first-order chi connectivity index (χ1) is 19.5. The molecule has 1 unspecified atom stereocenters. The number of carbonyl (C=O) groups excluding carboxylic acids is 5. The van der Waals surface area contributed by atoms with Gasteiger partial charge in [-0.15, -0.1) is 0 Å². The number of hydrogen-bond acceptors (Lipinski definition) is 8. The third kappa shape index (κ3) is 5.67. The summed E-state index contributed by atoms with van der Waals surface area (Å²) < 4.78 is 10.9. The highest BCUT2D eigenvalue weighted by molar-refractivity contribution is 6.20. The molecule has 41 heavy (non-hydrogen) atoms. The van der Waals surface area contributed by atoms with Crippen molar-refractivity contribution in [3.8, 4) is 11.1 Å². The second-order valence-electron chi connectivity index (χ2n) is 10.7. The molecule has 2 aliphatic rings. The average molecular weight is 557 g/mol. The summed E-state index contributed by atoms with van der Waals surface area (Å²) in [5, 5.41) is 2.72. The molecule has 0 saturated heterocycles. The number of nitrogens with zero attached hydrogens (tertiary/aromatic N) is 1. The molecule has 1 N–H and O–H groups in total. The van der Waals surface area contributed by atoms with Gasteiger partial charge in [0.15, 0.2) is 0 Å². The van der Waals surface area contributed by atoms with Crippen LogP contribution in [-0.2, 0) is 23.9 Å². The van der Waals surface area contributed by atoms with Crippen LogP contribution < -0.4 is 5.32 Å². The minimum Gasteiger partial charge on any atom is -0.458 e. The maximum atomic E-state index is 12.9. The predicted molar refractivity (Wildman–Crippen MR) is 145 cm³/mol. The van der Waals surface area contributed by atoms with Crippen LogP contribution in [0.1, 0.15) is 65.0 Å². The Morgan fingerprint density at radius 2 is 1.29 bits per heavy atom. The molecule has 1 aliphatic carbocycles. The monoisotopic (exact) mass is 556 g/mol. The molecule has 1 atom stereocenters. The van der Waals surface area contributed by atoms with Crippen LogP contribution in [0, 0.1) is 0 Å². The van der Waals surface area contributed by atoms with Crippen LogP contribution in [-0.4, -0.2) is 53.2 Å². The summed E-state index contributed by atoms with van der Waals surface area (Å²) in [5.41, 5.74) is 3.38. The summed E-state index contributed by atoms with van der Waals surface area (Å²) >= 11 is 0. The third-order valence-electron chi connectivity index (χ3n) is 6.65. The topological polar surface area (TPSA) is 128 Å². The number of amides is 3. The van der Waals surface area contributed by atoms with E-state index in [1.54, 1.807) is 32.9 Å². The average Bonchev–Trinajstić information content (AvgIpc) is 3.38. The molecule has 3 aromatic rings. The largest absolute Gasteiger partial charge is 0.458 e. The van der Waals surface area contributed by atoms with E-state index in [4.69, 9.17) is 14.3 Å². The van der Waals surface area contributed by atoms with Crippen LogP contribution in [0.25, 0.3) is 11.1 Å². The Labute approximate surface area is 236 Å². The van der Waals surface area contributed by atoms with Crippen LogP contribution >= 0.6 is 0 Å². The van der Waals surface area contributed by atoms with Gasteiger partial charge in [-0.05, 0) is 55.2 Å². The van der Waals surface area contributed by atoms with Crippen molar-refractivity contribution in [2.45, 2.75) is 44.8 Å². The van der Waals surface area contributed by atoms with Crippen LogP contribution in [0.5, 0.6) is 0 Å². The molecule has 10 heteroatoms. The van der Waals surface area contributed by atoms with Gasteiger partial charge in [0.2, 0.25) is 0 Å². The van der Waals surface area contributed by atoms with E-state index in [-0.39, 0.29) is 23.7 Å². The number of imide groups is 1. The smallest absolute Gasteiger partial charge is 0.407 e. The molecule has 0 fully saturated rings. The SMILES string of the molecule is CC(C)(C)OC(=O)C(CC(=O)ON1C(=O)c2ccccc2C1=O)NC(=O)OCC1c2ccccc2-c2ccccc21.